The largest absolute Gasteiger partial charge is 0.451 e. The van der Waals surface area contributed by atoms with Crippen molar-refractivity contribution >= 4 is 40.1 Å². The molecule has 0 radical (unpaired) electrons. The second kappa shape index (κ2) is 10.3. The van der Waals surface area contributed by atoms with Crippen LogP contribution in [-0.2, 0) is 14.3 Å². The maximum absolute atomic E-state index is 12.8. The third-order valence-corrected chi connectivity index (χ3v) is 5.06. The second-order valence-electron chi connectivity index (χ2n) is 7.37. The summed E-state index contributed by atoms with van der Waals surface area (Å²) in [6.07, 6.45) is 1.45. The topological polar surface area (TPSA) is 73.6 Å². The Bertz CT molecular complexity index is 1190. The third kappa shape index (κ3) is 5.13. The number of esters is 1. The van der Waals surface area contributed by atoms with E-state index in [4.69, 9.17) is 4.74 Å². The molecule has 0 bridgehead atoms. The van der Waals surface area contributed by atoms with Crippen LogP contribution in [0.4, 0.5) is 11.4 Å². The number of ether oxygens (including phenoxy) is 1. The van der Waals surface area contributed by atoms with Gasteiger partial charge in [0.15, 0.2) is 6.61 Å². The van der Waals surface area contributed by atoms with Crippen LogP contribution in [0.25, 0.3) is 16.8 Å². The minimum absolute atomic E-state index is 0.163. The Balaban J connectivity index is 1.71. The molecule has 0 fully saturated rings. The van der Waals surface area contributed by atoms with Gasteiger partial charge in [-0.3, -0.25) is 4.79 Å². The molecule has 32 heavy (non-hydrogen) atoms. The first-order chi connectivity index (χ1) is 15.4. The number of carbonyl (C=O) groups excluding carboxylic acids is 2. The number of nitriles is 1. The number of benzene rings is 3. The predicted molar refractivity (Wildman–Crippen MR) is 127 cm³/mol. The molecule has 162 valence electrons. The average molecular weight is 428 g/mol. The Kier molecular flexibility index (Phi) is 7.25. The number of nitrogens with zero attached hydrogens (tertiary/aromatic N) is 3. The Morgan fingerprint density at radius 3 is 2.34 bits per heavy atom. The lowest BCUT2D eigenvalue weighted by molar-refractivity contribution is -0.143. The third-order valence-electron chi connectivity index (χ3n) is 5.06. The van der Waals surface area contributed by atoms with Gasteiger partial charge < -0.3 is 14.5 Å². The van der Waals surface area contributed by atoms with Crippen molar-refractivity contribution in [1.82, 2.24) is 0 Å². The molecule has 0 heterocycles. The fourth-order valence-electron chi connectivity index (χ4n) is 3.38. The molecule has 0 spiro atoms. The van der Waals surface area contributed by atoms with Gasteiger partial charge in [0, 0.05) is 31.7 Å². The first kappa shape index (κ1) is 22.6. The Morgan fingerprint density at radius 2 is 1.69 bits per heavy atom. The van der Waals surface area contributed by atoms with Crippen LogP contribution in [0.1, 0.15) is 12.5 Å². The van der Waals surface area contributed by atoms with Gasteiger partial charge in [0.25, 0.3) is 5.91 Å². The fourth-order valence-corrected chi connectivity index (χ4v) is 3.38. The smallest absolute Gasteiger partial charge is 0.349 e. The number of anilines is 2. The number of hydrogen-bond acceptors (Lipinski definition) is 5. The normalized spacial score (nSPS) is 11.0. The van der Waals surface area contributed by atoms with Crippen molar-refractivity contribution in [3.8, 4) is 6.07 Å². The van der Waals surface area contributed by atoms with Crippen LogP contribution in [0.3, 0.4) is 0 Å². The first-order valence-electron chi connectivity index (χ1n) is 10.3. The molecule has 0 atom stereocenters. The number of carbonyl (C=O) groups is 2. The number of rotatable bonds is 7. The van der Waals surface area contributed by atoms with E-state index in [0.29, 0.717) is 12.1 Å². The summed E-state index contributed by atoms with van der Waals surface area (Å²) in [6.45, 7) is 1.83. The Labute approximate surface area is 187 Å². The summed E-state index contributed by atoms with van der Waals surface area (Å²) in [5, 5.41) is 11.4. The highest BCUT2D eigenvalue weighted by molar-refractivity contribution is 6.05. The summed E-state index contributed by atoms with van der Waals surface area (Å²) in [6, 6.07) is 22.8. The van der Waals surface area contributed by atoms with Gasteiger partial charge in [0.1, 0.15) is 11.6 Å². The number of amides is 1. The van der Waals surface area contributed by atoms with E-state index in [1.165, 1.54) is 6.08 Å². The van der Waals surface area contributed by atoms with Crippen molar-refractivity contribution in [1.29, 1.82) is 5.26 Å². The molecule has 0 aliphatic heterocycles. The maximum Gasteiger partial charge on any atom is 0.349 e. The highest BCUT2D eigenvalue weighted by atomic mass is 16.5. The van der Waals surface area contributed by atoms with Gasteiger partial charge in [-0.05, 0) is 42.1 Å². The summed E-state index contributed by atoms with van der Waals surface area (Å²) in [4.78, 5) is 28.8. The molecule has 3 rings (SSSR count). The summed E-state index contributed by atoms with van der Waals surface area (Å²) < 4.78 is 5.18. The van der Waals surface area contributed by atoms with Crippen molar-refractivity contribution in [3.05, 3.63) is 77.9 Å². The summed E-state index contributed by atoms with van der Waals surface area (Å²) in [5.41, 5.74) is 2.29. The molecule has 3 aromatic carbocycles. The van der Waals surface area contributed by atoms with Crippen LogP contribution < -0.4 is 9.80 Å². The first-order valence-corrected chi connectivity index (χ1v) is 10.3. The van der Waals surface area contributed by atoms with E-state index in [1.807, 2.05) is 98.7 Å². The van der Waals surface area contributed by atoms with Gasteiger partial charge in [-0.1, -0.05) is 48.5 Å². The van der Waals surface area contributed by atoms with Gasteiger partial charge in [-0.2, -0.15) is 5.26 Å². The van der Waals surface area contributed by atoms with Gasteiger partial charge in [0.05, 0.1) is 5.69 Å². The molecule has 0 unspecified atom stereocenters. The summed E-state index contributed by atoms with van der Waals surface area (Å²) in [5.74, 6) is -1.18. The van der Waals surface area contributed by atoms with Crippen molar-refractivity contribution in [2.24, 2.45) is 0 Å². The van der Waals surface area contributed by atoms with Gasteiger partial charge in [-0.25, -0.2) is 4.79 Å². The SMILES string of the molecule is CCN(C(=O)COC(=O)/C(C#N)=C/c1ccc(N(C)C)cc1)c1cccc2ccccc12. The fraction of sp³-hybridized carbons (Fsp3) is 0.192. The molecule has 0 saturated heterocycles. The van der Waals surface area contributed by atoms with E-state index in [0.717, 1.165) is 22.1 Å². The van der Waals surface area contributed by atoms with Gasteiger partial charge in [-0.15, -0.1) is 0 Å². The van der Waals surface area contributed by atoms with Crippen LogP contribution >= 0.6 is 0 Å². The molecule has 0 aliphatic carbocycles. The van der Waals surface area contributed by atoms with E-state index in [2.05, 4.69) is 0 Å². The molecular formula is C26H25N3O3. The molecule has 1 amide bonds. The monoisotopic (exact) mass is 427 g/mol. The van der Waals surface area contributed by atoms with E-state index >= 15 is 0 Å². The summed E-state index contributed by atoms with van der Waals surface area (Å²) >= 11 is 0. The molecule has 3 aromatic rings. The number of likely N-dealkylation sites (N-methyl/N-ethyl adjacent to an activating group) is 1. The van der Waals surface area contributed by atoms with E-state index < -0.39 is 12.6 Å². The number of fused-ring (bicyclic) bond motifs is 1. The molecule has 0 aliphatic rings. The highest BCUT2D eigenvalue weighted by Gasteiger charge is 2.19. The lowest BCUT2D eigenvalue weighted by Gasteiger charge is -2.22. The lowest BCUT2D eigenvalue weighted by Crippen LogP contribution is -2.34. The van der Waals surface area contributed by atoms with Crippen molar-refractivity contribution in [3.63, 3.8) is 0 Å². The predicted octanol–water partition coefficient (Wildman–Crippen LogP) is 4.41. The van der Waals surface area contributed by atoms with E-state index in [9.17, 15) is 14.9 Å². The molecule has 0 saturated carbocycles. The van der Waals surface area contributed by atoms with Crippen LogP contribution in [-0.4, -0.2) is 39.1 Å². The van der Waals surface area contributed by atoms with Crippen molar-refractivity contribution < 1.29 is 14.3 Å². The average Bonchev–Trinajstić information content (AvgIpc) is 2.82. The molecule has 0 aromatic heterocycles. The van der Waals surface area contributed by atoms with Crippen LogP contribution in [0.5, 0.6) is 0 Å². The standard InChI is InChI=1S/C26H25N3O3/c1-4-29(24-11-7-9-20-8-5-6-10-23(20)24)25(30)18-32-26(31)21(17-27)16-19-12-14-22(15-13-19)28(2)3/h5-16H,4,18H2,1-3H3/b21-16+. The quantitative estimate of drug-likeness (QED) is 0.317. The maximum atomic E-state index is 12.8. The van der Waals surface area contributed by atoms with E-state index in [-0.39, 0.29) is 11.5 Å². The summed E-state index contributed by atoms with van der Waals surface area (Å²) in [7, 11) is 3.86. The Morgan fingerprint density at radius 1 is 1.00 bits per heavy atom. The molecule has 6 heteroatoms. The zero-order valence-corrected chi connectivity index (χ0v) is 18.4. The number of hydrogen-bond donors (Lipinski definition) is 0. The Hall–Kier alpha value is -4.11. The molecule has 6 nitrogen and oxygen atoms in total. The minimum Gasteiger partial charge on any atom is -0.451 e. The van der Waals surface area contributed by atoms with Gasteiger partial charge in [0.2, 0.25) is 0 Å². The van der Waals surface area contributed by atoms with Crippen LogP contribution in [0.2, 0.25) is 0 Å². The molecular weight excluding hydrogens is 402 g/mol. The van der Waals surface area contributed by atoms with Crippen LogP contribution in [0.15, 0.2) is 72.3 Å². The van der Waals surface area contributed by atoms with E-state index in [1.54, 1.807) is 4.90 Å². The van der Waals surface area contributed by atoms with Crippen molar-refractivity contribution in [2.75, 3.05) is 37.0 Å². The lowest BCUT2D eigenvalue weighted by atomic mass is 10.1. The highest BCUT2D eigenvalue weighted by Crippen LogP contribution is 2.26. The zero-order valence-electron chi connectivity index (χ0n) is 18.4. The van der Waals surface area contributed by atoms with Crippen LogP contribution in [0, 0.1) is 11.3 Å². The van der Waals surface area contributed by atoms with Crippen molar-refractivity contribution in [2.45, 2.75) is 6.92 Å². The second-order valence-corrected chi connectivity index (χ2v) is 7.37. The minimum atomic E-state index is -0.827. The zero-order chi connectivity index (χ0) is 23.1. The molecule has 0 N–H and O–H groups in total. The van der Waals surface area contributed by atoms with Gasteiger partial charge >= 0.3 is 5.97 Å².